The van der Waals surface area contributed by atoms with E-state index in [9.17, 15) is 4.79 Å². The number of carbonyl (C=O) groups is 1. The second-order valence-corrected chi connectivity index (χ2v) is 4.53. The molecule has 2 fully saturated rings. The van der Waals surface area contributed by atoms with E-state index in [-0.39, 0.29) is 12.0 Å². The number of hydrogen-bond donors (Lipinski definition) is 1. The Kier molecular flexibility index (Phi) is 3.59. The van der Waals surface area contributed by atoms with E-state index < -0.39 is 0 Å². The predicted octanol–water partition coefficient (Wildman–Crippen LogP) is 0.376. The number of carbonyl (C=O) groups excluding carboxylic acids is 1. The van der Waals surface area contributed by atoms with Crippen molar-refractivity contribution in [1.29, 1.82) is 0 Å². The summed E-state index contributed by atoms with van der Waals surface area (Å²) in [5.74, 6) is 0.259. The van der Waals surface area contributed by atoms with Crippen molar-refractivity contribution >= 4 is 5.91 Å². The quantitative estimate of drug-likeness (QED) is 0.719. The molecule has 0 spiro atoms. The molecular formula is C11H20N2O2. The summed E-state index contributed by atoms with van der Waals surface area (Å²) in [4.78, 5) is 13.9. The summed E-state index contributed by atoms with van der Waals surface area (Å²) >= 11 is 0. The van der Waals surface area contributed by atoms with Gasteiger partial charge in [0, 0.05) is 32.3 Å². The van der Waals surface area contributed by atoms with Gasteiger partial charge in [0.25, 0.3) is 0 Å². The topological polar surface area (TPSA) is 41.6 Å². The lowest BCUT2D eigenvalue weighted by molar-refractivity contribution is -0.134. The average Bonchev–Trinajstić information content (AvgIpc) is 2.70. The number of piperazine rings is 1. The molecule has 0 aromatic carbocycles. The highest BCUT2D eigenvalue weighted by molar-refractivity contribution is 5.76. The molecule has 86 valence electrons. The molecule has 4 nitrogen and oxygen atoms in total. The highest BCUT2D eigenvalue weighted by atomic mass is 16.5. The van der Waals surface area contributed by atoms with Gasteiger partial charge in [0.2, 0.25) is 5.91 Å². The van der Waals surface area contributed by atoms with Gasteiger partial charge in [0.1, 0.15) is 0 Å². The molecule has 1 unspecified atom stereocenters. The lowest BCUT2D eigenvalue weighted by atomic mass is 10.1. The van der Waals surface area contributed by atoms with Crippen LogP contribution in [0.3, 0.4) is 0 Å². The van der Waals surface area contributed by atoms with Gasteiger partial charge in [0.05, 0.1) is 12.5 Å². The minimum Gasteiger partial charge on any atom is -0.378 e. The van der Waals surface area contributed by atoms with Crippen molar-refractivity contribution in [3.05, 3.63) is 0 Å². The molecule has 0 bridgehead atoms. The molecule has 0 radical (unpaired) electrons. The molecule has 1 amide bonds. The summed E-state index contributed by atoms with van der Waals surface area (Å²) in [6.45, 7) is 5.54. The number of amides is 1. The van der Waals surface area contributed by atoms with Gasteiger partial charge in [-0.05, 0) is 19.8 Å². The standard InChI is InChI=1S/C11H20N2O2/c1-9-8-13(5-4-12-9)11(14)7-10-3-2-6-15-10/h9-10,12H,2-8H2,1H3/t9-,10?/m0/s1. The normalized spacial score (nSPS) is 31.9. The Labute approximate surface area is 91.0 Å². The van der Waals surface area contributed by atoms with Gasteiger partial charge in [-0.15, -0.1) is 0 Å². The van der Waals surface area contributed by atoms with Crippen molar-refractivity contribution in [2.24, 2.45) is 0 Å². The van der Waals surface area contributed by atoms with E-state index in [1.807, 2.05) is 4.90 Å². The molecule has 2 aliphatic heterocycles. The Morgan fingerprint density at radius 1 is 1.60 bits per heavy atom. The van der Waals surface area contributed by atoms with E-state index >= 15 is 0 Å². The van der Waals surface area contributed by atoms with Gasteiger partial charge in [-0.3, -0.25) is 4.79 Å². The fraction of sp³-hybridized carbons (Fsp3) is 0.909. The van der Waals surface area contributed by atoms with E-state index in [4.69, 9.17) is 4.74 Å². The van der Waals surface area contributed by atoms with Crippen LogP contribution >= 0.6 is 0 Å². The first-order valence-corrected chi connectivity index (χ1v) is 5.88. The first-order chi connectivity index (χ1) is 7.25. The van der Waals surface area contributed by atoms with Gasteiger partial charge in [-0.1, -0.05) is 0 Å². The van der Waals surface area contributed by atoms with Crippen molar-refractivity contribution in [1.82, 2.24) is 10.2 Å². The lowest BCUT2D eigenvalue weighted by Crippen LogP contribution is -2.51. The molecule has 0 saturated carbocycles. The maximum absolute atomic E-state index is 11.9. The van der Waals surface area contributed by atoms with E-state index in [0.29, 0.717) is 12.5 Å². The smallest absolute Gasteiger partial charge is 0.225 e. The SMILES string of the molecule is C[C@H]1CN(C(=O)CC2CCCO2)CCN1. The largest absolute Gasteiger partial charge is 0.378 e. The number of hydrogen-bond acceptors (Lipinski definition) is 3. The average molecular weight is 212 g/mol. The zero-order valence-corrected chi connectivity index (χ0v) is 9.37. The molecule has 2 heterocycles. The first-order valence-electron chi connectivity index (χ1n) is 5.88. The third-order valence-electron chi connectivity index (χ3n) is 3.15. The minimum absolute atomic E-state index is 0.183. The lowest BCUT2D eigenvalue weighted by Gasteiger charge is -2.32. The maximum Gasteiger partial charge on any atom is 0.225 e. The van der Waals surface area contributed by atoms with E-state index in [1.54, 1.807) is 0 Å². The second-order valence-electron chi connectivity index (χ2n) is 4.53. The Morgan fingerprint density at radius 2 is 2.47 bits per heavy atom. The molecule has 0 aromatic heterocycles. The fourth-order valence-electron chi connectivity index (χ4n) is 2.29. The summed E-state index contributed by atoms with van der Waals surface area (Å²) < 4.78 is 5.48. The van der Waals surface area contributed by atoms with Crippen LogP contribution in [0.5, 0.6) is 0 Å². The molecule has 2 rings (SSSR count). The highest BCUT2D eigenvalue weighted by Crippen LogP contribution is 2.16. The Hall–Kier alpha value is -0.610. The highest BCUT2D eigenvalue weighted by Gasteiger charge is 2.25. The number of nitrogens with zero attached hydrogens (tertiary/aromatic N) is 1. The Balaban J connectivity index is 1.78. The zero-order valence-electron chi connectivity index (χ0n) is 9.37. The summed E-state index contributed by atoms with van der Waals surface area (Å²) in [5, 5.41) is 3.34. The first kappa shape index (κ1) is 10.9. The van der Waals surface area contributed by atoms with Crippen LogP contribution < -0.4 is 5.32 Å². The molecular weight excluding hydrogens is 192 g/mol. The van der Waals surface area contributed by atoms with E-state index in [0.717, 1.165) is 39.1 Å². The Bertz CT molecular complexity index is 227. The van der Waals surface area contributed by atoms with Crippen molar-refractivity contribution in [2.45, 2.75) is 38.3 Å². The van der Waals surface area contributed by atoms with E-state index in [1.165, 1.54) is 0 Å². The summed E-state index contributed by atoms with van der Waals surface area (Å²) in [5.41, 5.74) is 0. The van der Waals surface area contributed by atoms with Gasteiger partial charge in [-0.25, -0.2) is 0 Å². The van der Waals surface area contributed by atoms with Gasteiger partial charge in [0.15, 0.2) is 0 Å². The van der Waals surface area contributed by atoms with Crippen molar-refractivity contribution in [3.8, 4) is 0 Å². The summed E-state index contributed by atoms with van der Waals surface area (Å²) in [6.07, 6.45) is 2.92. The van der Waals surface area contributed by atoms with E-state index in [2.05, 4.69) is 12.2 Å². The van der Waals surface area contributed by atoms with Crippen LogP contribution in [-0.2, 0) is 9.53 Å². The fourth-order valence-corrected chi connectivity index (χ4v) is 2.29. The van der Waals surface area contributed by atoms with Crippen LogP contribution in [-0.4, -0.2) is 49.2 Å². The molecule has 2 saturated heterocycles. The van der Waals surface area contributed by atoms with Crippen LogP contribution in [0.4, 0.5) is 0 Å². The molecule has 0 aliphatic carbocycles. The molecule has 0 aromatic rings. The van der Waals surface area contributed by atoms with Gasteiger partial charge < -0.3 is 15.0 Å². The number of nitrogens with one attached hydrogen (secondary N) is 1. The molecule has 2 atom stereocenters. The monoisotopic (exact) mass is 212 g/mol. The van der Waals surface area contributed by atoms with Crippen LogP contribution in [0.15, 0.2) is 0 Å². The zero-order chi connectivity index (χ0) is 10.7. The second kappa shape index (κ2) is 4.94. The molecule has 15 heavy (non-hydrogen) atoms. The third kappa shape index (κ3) is 2.92. The van der Waals surface area contributed by atoms with Crippen molar-refractivity contribution in [3.63, 3.8) is 0 Å². The summed E-state index contributed by atoms with van der Waals surface area (Å²) in [7, 11) is 0. The van der Waals surface area contributed by atoms with Crippen LogP contribution in [0.25, 0.3) is 0 Å². The van der Waals surface area contributed by atoms with Gasteiger partial charge in [-0.2, -0.15) is 0 Å². The number of rotatable bonds is 2. The van der Waals surface area contributed by atoms with Crippen LogP contribution in [0, 0.1) is 0 Å². The van der Waals surface area contributed by atoms with Crippen LogP contribution in [0.2, 0.25) is 0 Å². The molecule has 1 N–H and O–H groups in total. The molecule has 4 heteroatoms. The predicted molar refractivity (Wildman–Crippen MR) is 57.6 cm³/mol. The van der Waals surface area contributed by atoms with Crippen molar-refractivity contribution < 1.29 is 9.53 Å². The maximum atomic E-state index is 11.9. The van der Waals surface area contributed by atoms with Crippen LogP contribution in [0.1, 0.15) is 26.2 Å². The molecule has 2 aliphatic rings. The Morgan fingerprint density at radius 3 is 3.13 bits per heavy atom. The van der Waals surface area contributed by atoms with Crippen molar-refractivity contribution in [2.75, 3.05) is 26.2 Å². The minimum atomic E-state index is 0.183. The summed E-state index contributed by atoms with van der Waals surface area (Å²) in [6, 6.07) is 0.423. The number of ether oxygens (including phenoxy) is 1. The van der Waals surface area contributed by atoms with Gasteiger partial charge >= 0.3 is 0 Å². The third-order valence-corrected chi connectivity index (χ3v) is 3.15.